The van der Waals surface area contributed by atoms with Crippen LogP contribution in [0, 0.1) is 0 Å². The normalized spacial score (nSPS) is 14.7. The summed E-state index contributed by atoms with van der Waals surface area (Å²) in [6.07, 6.45) is 0. The second kappa shape index (κ2) is 15.0. The summed E-state index contributed by atoms with van der Waals surface area (Å²) in [4.78, 5) is 0. The molecule has 0 saturated carbocycles. The molecule has 0 fully saturated rings. The molecule has 0 N–H and O–H groups in total. The molecule has 12 aromatic rings. The van der Waals surface area contributed by atoms with Crippen LogP contribution in [-0.4, -0.2) is 31.9 Å². The molecular formula is C67H39Ge2. The van der Waals surface area contributed by atoms with Gasteiger partial charge in [0.15, 0.2) is 0 Å². The van der Waals surface area contributed by atoms with E-state index in [1.165, 1.54) is 146 Å². The van der Waals surface area contributed by atoms with Crippen LogP contribution in [0.3, 0.4) is 0 Å². The molecule has 12 aromatic carbocycles. The van der Waals surface area contributed by atoms with Crippen molar-refractivity contribution in [3.8, 4) is 77.9 Å². The van der Waals surface area contributed by atoms with Crippen LogP contribution < -0.4 is 13.2 Å². The van der Waals surface area contributed by atoms with Crippen molar-refractivity contribution < 1.29 is 0 Å². The fourth-order valence-corrected chi connectivity index (χ4v) is 16.5. The summed E-state index contributed by atoms with van der Waals surface area (Å²) >= 11 is 1.79. The summed E-state index contributed by atoms with van der Waals surface area (Å²) in [6, 6.07) is 90.2. The SMILES string of the molecule is [Ge][c]1ccccc1-c1ccccc1-c1cccc2c(-c3cccc4c3-c3ccccc3C43c4ccccc4-c4c3ccc3ccccc43)c3cccc(-c4ccc[c]5c4-c4cccc[c]4[Ge]5)c3cc12. The van der Waals surface area contributed by atoms with Gasteiger partial charge in [0.05, 0.1) is 0 Å². The molecule has 0 aromatic heterocycles. The Bertz CT molecular complexity index is 4200. The minimum absolute atomic E-state index is 0.439. The molecule has 0 amide bonds. The first-order chi connectivity index (χ1) is 34.2. The Balaban J connectivity index is 1.08. The quantitative estimate of drug-likeness (QED) is 0.122. The second-order valence-corrected chi connectivity index (χ2v) is 22.7. The predicted octanol–water partition coefficient (Wildman–Crippen LogP) is 14.6. The van der Waals surface area contributed by atoms with Crippen molar-refractivity contribution >= 4 is 77.5 Å². The zero-order chi connectivity index (χ0) is 45.4. The average Bonchev–Trinajstić information content (AvgIpc) is 4.05. The Morgan fingerprint density at radius 1 is 0.261 bits per heavy atom. The first-order valence-corrected chi connectivity index (χ1v) is 27.1. The number of fused-ring (bicyclic) bond motifs is 17. The van der Waals surface area contributed by atoms with E-state index in [-0.39, 0.29) is 0 Å². The molecule has 1 spiro atoms. The summed E-state index contributed by atoms with van der Waals surface area (Å²) in [5, 5.41) is 7.66. The van der Waals surface area contributed by atoms with Gasteiger partial charge in [-0.25, -0.2) is 0 Å². The maximum atomic E-state index is 2.54. The summed E-state index contributed by atoms with van der Waals surface area (Å²) in [6.45, 7) is 0. The number of benzene rings is 12. The third kappa shape index (κ3) is 5.42. The van der Waals surface area contributed by atoms with Gasteiger partial charge in [0.1, 0.15) is 0 Å². The molecule has 1 unspecified atom stereocenters. The Labute approximate surface area is 416 Å². The van der Waals surface area contributed by atoms with E-state index in [4.69, 9.17) is 0 Å². The monoisotopic (exact) mass is 991 g/mol. The van der Waals surface area contributed by atoms with Crippen LogP contribution in [0.25, 0.3) is 110 Å². The van der Waals surface area contributed by atoms with Crippen molar-refractivity contribution in [1.29, 1.82) is 0 Å². The Kier molecular flexibility index (Phi) is 8.59. The van der Waals surface area contributed by atoms with Gasteiger partial charge in [-0.3, -0.25) is 0 Å². The van der Waals surface area contributed by atoms with Crippen LogP contribution in [0.1, 0.15) is 22.3 Å². The summed E-state index contributed by atoms with van der Waals surface area (Å²) in [5.74, 6) is 0. The van der Waals surface area contributed by atoms with Crippen molar-refractivity contribution in [3.05, 3.63) is 259 Å². The van der Waals surface area contributed by atoms with Crippen molar-refractivity contribution in [2.75, 3.05) is 0 Å². The second-order valence-electron chi connectivity index (χ2n) is 18.8. The van der Waals surface area contributed by atoms with Crippen LogP contribution in [-0.2, 0) is 5.41 Å². The topological polar surface area (TPSA) is 0 Å². The zero-order valence-corrected chi connectivity index (χ0v) is 41.7. The standard InChI is InChI=1S/C67H39Ge2/c68-60-34-11-7-21-46(60)43-20-4-3-19-42(43)44-25-13-27-48-54(44)39-55-45(47-29-16-36-62-66(47)52-24-8-12-35-61(52)69-62)26-14-28-49(55)63(48)53-30-15-33-58-65(53)51-23-6-10-32-57(51)67(58)56-31-9-5-22-50(56)64-41-18-2-1-17-40(41)37-38-59(64)67/h1-39H. The van der Waals surface area contributed by atoms with Crippen LogP contribution in [0.4, 0.5) is 0 Å². The van der Waals surface area contributed by atoms with E-state index in [0.29, 0.717) is 0 Å². The third-order valence-corrected chi connectivity index (χ3v) is 19.4. The molecule has 0 nitrogen and oxygen atoms in total. The van der Waals surface area contributed by atoms with E-state index < -0.39 is 20.8 Å². The van der Waals surface area contributed by atoms with Crippen LogP contribution in [0.5, 0.6) is 0 Å². The van der Waals surface area contributed by atoms with Gasteiger partial charge in [-0.15, -0.1) is 0 Å². The maximum absolute atomic E-state index is 2.54. The number of hydrogen-bond donors (Lipinski definition) is 0. The first kappa shape index (κ1) is 39.5. The Morgan fingerprint density at radius 3 is 1.49 bits per heavy atom. The Hall–Kier alpha value is -7.49. The number of hydrogen-bond acceptors (Lipinski definition) is 0. The molecule has 0 bridgehead atoms. The summed E-state index contributed by atoms with van der Waals surface area (Å²) in [7, 11) is 0. The molecule has 1 heterocycles. The molecule has 0 saturated heterocycles. The van der Waals surface area contributed by atoms with E-state index in [2.05, 4.69) is 253 Å². The van der Waals surface area contributed by atoms with Gasteiger partial charge in [-0.1, -0.05) is 66.7 Å². The van der Waals surface area contributed by atoms with E-state index in [1.807, 2.05) is 0 Å². The number of rotatable bonds is 4. The van der Waals surface area contributed by atoms with Crippen molar-refractivity contribution in [1.82, 2.24) is 0 Å². The van der Waals surface area contributed by atoms with Gasteiger partial charge in [0.2, 0.25) is 0 Å². The van der Waals surface area contributed by atoms with Crippen LogP contribution in [0.2, 0.25) is 0 Å². The van der Waals surface area contributed by atoms with Gasteiger partial charge in [-0.05, 0) is 21.9 Å². The van der Waals surface area contributed by atoms with E-state index in [1.54, 1.807) is 0 Å². The van der Waals surface area contributed by atoms with Crippen molar-refractivity contribution in [2.45, 2.75) is 5.41 Å². The fourth-order valence-electron chi connectivity index (χ4n) is 12.9. The first-order valence-electron chi connectivity index (χ1n) is 23.9. The third-order valence-electron chi connectivity index (χ3n) is 15.6. The van der Waals surface area contributed by atoms with Gasteiger partial charge in [0, 0.05) is 0 Å². The van der Waals surface area contributed by atoms with Gasteiger partial charge >= 0.3 is 331 Å². The average molecular weight is 989 g/mol. The molecule has 315 valence electrons. The molecule has 1 aliphatic heterocycles. The molecular weight excluding hydrogens is 950 g/mol. The predicted molar refractivity (Wildman–Crippen MR) is 293 cm³/mol. The van der Waals surface area contributed by atoms with E-state index in [0.717, 1.165) is 0 Å². The van der Waals surface area contributed by atoms with E-state index >= 15 is 0 Å². The zero-order valence-electron chi connectivity index (χ0n) is 37.5. The molecule has 2 aliphatic carbocycles. The van der Waals surface area contributed by atoms with Gasteiger partial charge < -0.3 is 0 Å². The molecule has 69 heavy (non-hydrogen) atoms. The minimum atomic E-state index is -0.484. The van der Waals surface area contributed by atoms with Crippen molar-refractivity contribution in [2.24, 2.45) is 0 Å². The Morgan fingerprint density at radius 2 is 0.739 bits per heavy atom. The van der Waals surface area contributed by atoms with Crippen LogP contribution in [0.15, 0.2) is 237 Å². The van der Waals surface area contributed by atoms with Gasteiger partial charge in [0.25, 0.3) is 0 Å². The summed E-state index contributed by atoms with van der Waals surface area (Å²) < 4.78 is 4.32. The van der Waals surface area contributed by atoms with Crippen LogP contribution >= 0.6 is 0 Å². The fraction of sp³-hybridized carbons (Fsp3) is 0.0149. The molecule has 15 rings (SSSR count). The van der Waals surface area contributed by atoms with Crippen molar-refractivity contribution in [3.63, 3.8) is 0 Å². The summed E-state index contributed by atoms with van der Waals surface area (Å²) in [5.41, 5.74) is 23.3. The molecule has 3 aliphatic rings. The van der Waals surface area contributed by atoms with E-state index in [9.17, 15) is 0 Å². The molecule has 5 radical (unpaired) electrons. The van der Waals surface area contributed by atoms with Gasteiger partial charge in [-0.2, -0.15) is 0 Å². The molecule has 2 heteroatoms. The molecule has 1 atom stereocenters.